The maximum atomic E-state index is 3.28. The van der Waals surface area contributed by atoms with Gasteiger partial charge in [-0.1, -0.05) is 53.4 Å². The van der Waals surface area contributed by atoms with Gasteiger partial charge in [0.05, 0.1) is 0 Å². The van der Waals surface area contributed by atoms with Crippen LogP contribution in [0.3, 0.4) is 0 Å². The minimum Gasteiger partial charge on any atom is -1.00 e. The van der Waals surface area contributed by atoms with Gasteiger partial charge in [-0.3, -0.25) is 0 Å². The number of allylic oxidation sites excluding steroid dienone is 8. The first kappa shape index (κ1) is 24.3. The molecular weight excluding hydrogens is 311 g/mol. The predicted molar refractivity (Wildman–Crippen MR) is 70.8 cm³/mol. The molecule has 0 amide bonds. The fourth-order valence-corrected chi connectivity index (χ4v) is 1.77. The van der Waals surface area contributed by atoms with Crippen molar-refractivity contribution in [2.24, 2.45) is 0 Å². The fraction of sp³-hybridized carbons (Fsp3) is 0.500. The van der Waals surface area contributed by atoms with Crippen molar-refractivity contribution in [1.82, 2.24) is 0 Å². The van der Waals surface area contributed by atoms with Crippen LogP contribution in [-0.4, -0.2) is 0 Å². The van der Waals surface area contributed by atoms with E-state index in [1.165, 1.54) is 22.3 Å². The Morgan fingerprint density at radius 1 is 0.842 bits per heavy atom. The monoisotopic (exact) mass is 332 g/mol. The molecule has 0 radical (unpaired) electrons. The molecule has 0 nitrogen and oxygen atoms in total. The van der Waals surface area contributed by atoms with E-state index in [1.807, 2.05) is 0 Å². The second-order valence-corrected chi connectivity index (χ2v) is 4.38. The molecule has 0 aromatic heterocycles. The average Bonchev–Trinajstić information content (AvgIpc) is 2.88. The fourth-order valence-electron chi connectivity index (χ4n) is 1.77. The molecule has 0 saturated heterocycles. The van der Waals surface area contributed by atoms with Crippen LogP contribution in [0.15, 0.2) is 34.4 Å². The van der Waals surface area contributed by atoms with Crippen molar-refractivity contribution in [3.05, 3.63) is 46.6 Å². The van der Waals surface area contributed by atoms with Gasteiger partial charge in [0.1, 0.15) is 0 Å². The summed E-state index contributed by atoms with van der Waals surface area (Å²) in [4.78, 5) is 0. The summed E-state index contributed by atoms with van der Waals surface area (Å²) in [6.07, 6.45) is 15.6. The smallest absolute Gasteiger partial charge is 1.00 e. The first-order valence-corrected chi connectivity index (χ1v) is 6.22. The van der Waals surface area contributed by atoms with Crippen LogP contribution in [0.25, 0.3) is 0 Å². The van der Waals surface area contributed by atoms with Gasteiger partial charge in [-0.15, -0.1) is 0 Å². The molecule has 104 valence electrons. The molecular formula is C16H22Cl2Ti. The summed E-state index contributed by atoms with van der Waals surface area (Å²) in [5, 5.41) is 0. The molecule has 3 heteroatoms. The Bertz CT molecular complexity index is 327. The molecule has 0 spiro atoms. The molecule has 0 fully saturated rings. The number of rotatable bonds is 2. The summed E-state index contributed by atoms with van der Waals surface area (Å²) in [5.41, 5.74) is 5.51. The third-order valence-corrected chi connectivity index (χ3v) is 2.82. The van der Waals surface area contributed by atoms with Crippen LogP contribution in [0, 0.1) is 12.2 Å². The van der Waals surface area contributed by atoms with Crippen LogP contribution in [0.5, 0.6) is 0 Å². The van der Waals surface area contributed by atoms with Crippen molar-refractivity contribution in [2.45, 2.75) is 53.4 Å². The van der Waals surface area contributed by atoms with Crippen LogP contribution in [0.4, 0.5) is 0 Å². The summed E-state index contributed by atoms with van der Waals surface area (Å²) < 4.78 is 0. The minimum atomic E-state index is 0. The standard InChI is InChI=1S/2C8H11.2ClH.Ti/c2*1-3-8-5-4-7(2)6-8;;;/h2*5H,3-4H2,1-2H3;2*1H;/q2*-1;;;+4/p-2. The summed E-state index contributed by atoms with van der Waals surface area (Å²) in [5.74, 6) is 0. The van der Waals surface area contributed by atoms with Crippen LogP contribution in [0.2, 0.25) is 0 Å². The third-order valence-electron chi connectivity index (χ3n) is 2.82. The molecule has 0 bridgehead atoms. The van der Waals surface area contributed by atoms with Crippen LogP contribution in [-0.2, 0) is 21.7 Å². The van der Waals surface area contributed by atoms with E-state index in [2.05, 4.69) is 52.0 Å². The molecule has 0 aromatic rings. The van der Waals surface area contributed by atoms with E-state index in [9.17, 15) is 0 Å². The maximum absolute atomic E-state index is 3.28. The van der Waals surface area contributed by atoms with Gasteiger partial charge >= 0.3 is 21.7 Å². The van der Waals surface area contributed by atoms with E-state index in [0.717, 1.165) is 25.7 Å². The largest absolute Gasteiger partial charge is 4.00 e. The Morgan fingerprint density at radius 2 is 1.16 bits per heavy atom. The van der Waals surface area contributed by atoms with Gasteiger partial charge in [-0.2, -0.15) is 11.1 Å². The van der Waals surface area contributed by atoms with Crippen LogP contribution >= 0.6 is 0 Å². The van der Waals surface area contributed by atoms with Gasteiger partial charge in [0.2, 0.25) is 0 Å². The zero-order chi connectivity index (χ0) is 12.0. The van der Waals surface area contributed by atoms with E-state index >= 15 is 0 Å². The number of hydrogen-bond donors (Lipinski definition) is 0. The Kier molecular flexibility index (Phi) is 16.9. The van der Waals surface area contributed by atoms with Crippen molar-refractivity contribution >= 4 is 0 Å². The third kappa shape index (κ3) is 9.74. The van der Waals surface area contributed by atoms with Gasteiger partial charge in [-0.25, -0.2) is 35.5 Å². The molecule has 19 heavy (non-hydrogen) atoms. The Labute approximate surface area is 146 Å². The average molecular weight is 333 g/mol. The molecule has 0 heterocycles. The first-order chi connectivity index (χ1) is 7.65. The van der Waals surface area contributed by atoms with E-state index in [-0.39, 0.29) is 46.5 Å². The quantitative estimate of drug-likeness (QED) is 0.447. The molecule has 0 atom stereocenters. The van der Waals surface area contributed by atoms with Crippen molar-refractivity contribution < 1.29 is 46.5 Å². The second-order valence-electron chi connectivity index (χ2n) is 4.38. The van der Waals surface area contributed by atoms with E-state index in [0.29, 0.717) is 0 Å². The number of hydrogen-bond acceptors (Lipinski definition) is 0. The Morgan fingerprint density at radius 3 is 1.26 bits per heavy atom. The summed E-state index contributed by atoms with van der Waals surface area (Å²) in [7, 11) is 0. The van der Waals surface area contributed by atoms with E-state index < -0.39 is 0 Å². The van der Waals surface area contributed by atoms with Crippen molar-refractivity contribution in [3.63, 3.8) is 0 Å². The van der Waals surface area contributed by atoms with Crippen LogP contribution < -0.4 is 24.8 Å². The van der Waals surface area contributed by atoms with Crippen molar-refractivity contribution in [2.75, 3.05) is 0 Å². The molecule has 2 aliphatic carbocycles. The Balaban J connectivity index is -0.000000233. The zero-order valence-electron chi connectivity index (χ0n) is 12.2. The topological polar surface area (TPSA) is 0 Å². The normalized spacial score (nSPS) is 15.4. The number of halogens is 2. The second kappa shape index (κ2) is 13.2. The molecule has 0 N–H and O–H groups in total. The van der Waals surface area contributed by atoms with Crippen molar-refractivity contribution in [3.8, 4) is 0 Å². The van der Waals surface area contributed by atoms with Gasteiger partial charge in [0.15, 0.2) is 0 Å². The summed E-state index contributed by atoms with van der Waals surface area (Å²) in [6.45, 7) is 8.58. The molecule has 2 rings (SSSR count). The Hall–Kier alpha value is 0.254. The van der Waals surface area contributed by atoms with Crippen LogP contribution in [0.1, 0.15) is 53.4 Å². The molecule has 2 aliphatic rings. The minimum absolute atomic E-state index is 0. The first-order valence-electron chi connectivity index (χ1n) is 6.22. The maximum Gasteiger partial charge on any atom is 4.00 e. The zero-order valence-corrected chi connectivity index (χ0v) is 15.3. The predicted octanol–water partition coefficient (Wildman–Crippen LogP) is -1.04. The summed E-state index contributed by atoms with van der Waals surface area (Å²) in [6, 6.07) is 0. The summed E-state index contributed by atoms with van der Waals surface area (Å²) >= 11 is 0. The molecule has 0 unspecified atom stereocenters. The van der Waals surface area contributed by atoms with E-state index in [1.54, 1.807) is 0 Å². The van der Waals surface area contributed by atoms with Gasteiger partial charge in [-0.05, 0) is 0 Å². The molecule has 0 saturated carbocycles. The SMILES string of the molecule is CCC1=CCC(C)=[C-]1.CCC1=CCC(C)=[C-]1.[Cl-].[Cl-].[Ti+4]. The van der Waals surface area contributed by atoms with E-state index in [4.69, 9.17) is 0 Å². The van der Waals surface area contributed by atoms with Gasteiger partial charge in [0.25, 0.3) is 0 Å². The van der Waals surface area contributed by atoms with Gasteiger partial charge in [0, 0.05) is 0 Å². The van der Waals surface area contributed by atoms with Crippen molar-refractivity contribution in [1.29, 1.82) is 0 Å². The molecule has 0 aliphatic heterocycles. The molecule has 0 aromatic carbocycles. The van der Waals surface area contributed by atoms with Gasteiger partial charge < -0.3 is 24.8 Å².